The number of hydrogen-bond acceptors (Lipinski definition) is 2. The smallest absolute Gasteiger partial charge is 0.0202 e. The van der Waals surface area contributed by atoms with Crippen molar-refractivity contribution in [2.75, 3.05) is 7.05 Å². The Hall–Kier alpha value is -0.860. The molecule has 0 radical (unpaired) electrons. The summed E-state index contributed by atoms with van der Waals surface area (Å²) in [6.45, 7) is 1.53. The summed E-state index contributed by atoms with van der Waals surface area (Å²) in [5.74, 6) is 0. The zero-order chi connectivity index (χ0) is 8.10. The van der Waals surface area contributed by atoms with Gasteiger partial charge in [0.05, 0.1) is 0 Å². The van der Waals surface area contributed by atoms with Crippen molar-refractivity contribution in [1.82, 2.24) is 5.32 Å². The molecular weight excluding hydrogens is 136 g/mol. The van der Waals surface area contributed by atoms with Crippen molar-refractivity contribution in [3.63, 3.8) is 0 Å². The van der Waals surface area contributed by atoms with Gasteiger partial charge in [0.2, 0.25) is 0 Å². The first-order valence-electron chi connectivity index (χ1n) is 3.79. The molecule has 0 aromatic heterocycles. The molecule has 1 rings (SSSR count). The largest absolute Gasteiger partial charge is 0.326 e. The zero-order valence-corrected chi connectivity index (χ0v) is 6.80. The number of nitrogens with two attached hydrogens (primary N) is 1. The molecule has 0 atom stereocenters. The minimum Gasteiger partial charge on any atom is -0.326 e. The predicted molar refractivity (Wildman–Crippen MR) is 51.3 cm³/mol. The summed E-state index contributed by atoms with van der Waals surface area (Å²) in [4.78, 5) is 0. The molecule has 0 heterocycles. The molecule has 1 aromatic carbocycles. The summed E-state index contributed by atoms with van der Waals surface area (Å²) in [6.07, 6.45) is 0. The number of rotatable bonds is 3. The van der Waals surface area contributed by atoms with Gasteiger partial charge < -0.3 is 11.1 Å². The Labute approximate surface area is 70.4 Å². The van der Waals surface area contributed by atoms with Crippen LogP contribution in [0.5, 0.6) is 0 Å². The summed E-state index contributed by atoms with van der Waals surface area (Å²) >= 11 is 0. The monoisotopic (exact) mass is 154 g/mol. The highest BCUT2D eigenvalue weighted by Gasteiger charge is 1.91. The van der Waals surface area contributed by atoms with Crippen LogP contribution in [-0.4, -0.2) is 7.05 Å². The molecule has 2 heteroatoms. The van der Waals surface area contributed by atoms with Crippen LogP contribution < -0.4 is 11.1 Å². The lowest BCUT2D eigenvalue weighted by Crippen LogP contribution is -2.05. The standard InChI is InChI=1S/C9H14N2.2H2/c1-11-7-9-4-2-3-8(5-9)6-10;;/h2-5,11H,6-7,10H2,1H3;2*1H. The van der Waals surface area contributed by atoms with E-state index in [9.17, 15) is 0 Å². The lowest BCUT2D eigenvalue weighted by atomic mass is 10.1. The van der Waals surface area contributed by atoms with Crippen LogP contribution in [0.3, 0.4) is 0 Å². The van der Waals surface area contributed by atoms with E-state index in [-0.39, 0.29) is 2.85 Å². The maximum atomic E-state index is 5.49. The molecule has 0 aliphatic carbocycles. The van der Waals surface area contributed by atoms with E-state index < -0.39 is 0 Å². The molecule has 11 heavy (non-hydrogen) atoms. The predicted octanol–water partition coefficient (Wildman–Crippen LogP) is 1.36. The Morgan fingerprint density at radius 3 is 2.82 bits per heavy atom. The molecule has 0 fully saturated rings. The highest BCUT2D eigenvalue weighted by atomic mass is 14.8. The summed E-state index contributed by atoms with van der Waals surface area (Å²) in [5.41, 5.74) is 7.97. The van der Waals surface area contributed by atoms with E-state index in [2.05, 4.69) is 17.4 Å². The summed E-state index contributed by atoms with van der Waals surface area (Å²) in [7, 11) is 1.94. The van der Waals surface area contributed by atoms with Gasteiger partial charge in [-0.25, -0.2) is 0 Å². The van der Waals surface area contributed by atoms with Gasteiger partial charge in [0.1, 0.15) is 0 Å². The highest BCUT2D eigenvalue weighted by Crippen LogP contribution is 2.03. The number of benzene rings is 1. The van der Waals surface area contributed by atoms with Crippen LogP contribution in [0.1, 0.15) is 14.0 Å². The topological polar surface area (TPSA) is 38.0 Å². The van der Waals surface area contributed by atoms with Gasteiger partial charge in [-0.1, -0.05) is 24.3 Å². The van der Waals surface area contributed by atoms with Crippen molar-refractivity contribution >= 4 is 0 Å². The molecule has 0 saturated carbocycles. The van der Waals surface area contributed by atoms with Gasteiger partial charge in [-0.15, -0.1) is 0 Å². The van der Waals surface area contributed by atoms with Crippen LogP contribution in [0.4, 0.5) is 0 Å². The SMILES string of the molecule is CNCc1cccc(CN)c1.[HH].[HH]. The molecule has 2 nitrogen and oxygen atoms in total. The molecule has 0 bridgehead atoms. The molecule has 0 amide bonds. The van der Waals surface area contributed by atoms with Gasteiger partial charge in [-0.05, 0) is 18.2 Å². The maximum Gasteiger partial charge on any atom is 0.0202 e. The molecule has 0 aliphatic heterocycles. The van der Waals surface area contributed by atoms with E-state index in [1.807, 2.05) is 19.2 Å². The van der Waals surface area contributed by atoms with Gasteiger partial charge in [-0.2, -0.15) is 0 Å². The highest BCUT2D eigenvalue weighted by molar-refractivity contribution is 5.22. The third-order valence-corrected chi connectivity index (χ3v) is 1.61. The van der Waals surface area contributed by atoms with Crippen LogP contribution in [0.25, 0.3) is 0 Å². The zero-order valence-electron chi connectivity index (χ0n) is 6.80. The quantitative estimate of drug-likeness (QED) is 0.690. The van der Waals surface area contributed by atoms with Crippen molar-refractivity contribution < 1.29 is 2.85 Å². The van der Waals surface area contributed by atoms with Crippen molar-refractivity contribution in [2.24, 2.45) is 5.73 Å². The second kappa shape index (κ2) is 4.11. The minimum absolute atomic E-state index is 0. The molecule has 64 valence electrons. The second-order valence-corrected chi connectivity index (χ2v) is 2.55. The van der Waals surface area contributed by atoms with Crippen LogP contribution in [-0.2, 0) is 13.1 Å². The van der Waals surface area contributed by atoms with Gasteiger partial charge in [0.15, 0.2) is 0 Å². The number of hydrogen-bond donors (Lipinski definition) is 2. The fraction of sp³-hybridized carbons (Fsp3) is 0.333. The van der Waals surface area contributed by atoms with Crippen molar-refractivity contribution in [2.45, 2.75) is 13.1 Å². The average molecular weight is 154 g/mol. The Morgan fingerprint density at radius 1 is 1.45 bits per heavy atom. The summed E-state index contributed by atoms with van der Waals surface area (Å²) in [5, 5.41) is 3.09. The van der Waals surface area contributed by atoms with E-state index in [4.69, 9.17) is 5.73 Å². The maximum absolute atomic E-state index is 5.49. The third-order valence-electron chi connectivity index (χ3n) is 1.61. The van der Waals surface area contributed by atoms with E-state index in [1.165, 1.54) is 11.1 Å². The van der Waals surface area contributed by atoms with Crippen molar-refractivity contribution in [1.29, 1.82) is 0 Å². The van der Waals surface area contributed by atoms with Crippen LogP contribution >= 0.6 is 0 Å². The van der Waals surface area contributed by atoms with Gasteiger partial charge in [0, 0.05) is 15.9 Å². The Morgan fingerprint density at radius 2 is 2.18 bits per heavy atom. The first-order chi connectivity index (χ1) is 5.36. The van der Waals surface area contributed by atoms with E-state index in [0.717, 1.165) is 6.54 Å². The lowest BCUT2D eigenvalue weighted by molar-refractivity contribution is 0.815. The normalized spacial score (nSPS) is 10.0. The fourth-order valence-corrected chi connectivity index (χ4v) is 1.07. The van der Waals surface area contributed by atoms with Crippen molar-refractivity contribution in [3.8, 4) is 0 Å². The Balaban J connectivity index is 0. The van der Waals surface area contributed by atoms with Gasteiger partial charge >= 0.3 is 0 Å². The molecule has 0 spiro atoms. The van der Waals surface area contributed by atoms with Gasteiger partial charge in [0.25, 0.3) is 0 Å². The van der Waals surface area contributed by atoms with Crippen LogP contribution in [0.15, 0.2) is 24.3 Å². The van der Waals surface area contributed by atoms with E-state index in [1.54, 1.807) is 0 Å². The molecule has 0 saturated heterocycles. The van der Waals surface area contributed by atoms with Crippen molar-refractivity contribution in [3.05, 3.63) is 35.4 Å². The lowest BCUT2D eigenvalue weighted by Gasteiger charge is -2.01. The summed E-state index contributed by atoms with van der Waals surface area (Å²) < 4.78 is 0. The first kappa shape index (κ1) is 8.24. The average Bonchev–Trinajstić information content (AvgIpc) is 2.06. The molecule has 0 aliphatic rings. The van der Waals surface area contributed by atoms with E-state index in [0.29, 0.717) is 6.54 Å². The van der Waals surface area contributed by atoms with Crippen LogP contribution in [0, 0.1) is 0 Å². The number of nitrogens with one attached hydrogen (secondary N) is 1. The van der Waals surface area contributed by atoms with E-state index >= 15 is 0 Å². The van der Waals surface area contributed by atoms with Gasteiger partial charge in [-0.3, -0.25) is 0 Å². The molecular formula is C9H18N2. The Kier molecular flexibility index (Phi) is 3.08. The minimum atomic E-state index is 0. The summed E-state index contributed by atoms with van der Waals surface area (Å²) in [6, 6.07) is 8.29. The molecule has 3 N–H and O–H groups in total. The third kappa shape index (κ3) is 2.33. The Bertz CT molecular complexity index is 229. The fourth-order valence-electron chi connectivity index (χ4n) is 1.07. The second-order valence-electron chi connectivity index (χ2n) is 2.55. The van der Waals surface area contributed by atoms with Crippen LogP contribution in [0.2, 0.25) is 0 Å². The first-order valence-corrected chi connectivity index (χ1v) is 3.79. The molecule has 1 aromatic rings. The molecule has 0 unspecified atom stereocenters.